The summed E-state index contributed by atoms with van der Waals surface area (Å²) in [5.74, 6) is -0.927. The summed E-state index contributed by atoms with van der Waals surface area (Å²) in [5, 5.41) is 0. The SMILES string of the molecule is Cc1ccc(S(=O)(=O)NC(=O)c2ccc(C(=O)c3ccccc3)cc2)cc1. The van der Waals surface area contributed by atoms with E-state index in [0.29, 0.717) is 11.1 Å². The Labute approximate surface area is 157 Å². The van der Waals surface area contributed by atoms with Gasteiger partial charge in [-0.2, -0.15) is 0 Å². The summed E-state index contributed by atoms with van der Waals surface area (Å²) in [6.07, 6.45) is 0. The summed E-state index contributed by atoms with van der Waals surface area (Å²) in [4.78, 5) is 24.7. The molecule has 0 aliphatic carbocycles. The van der Waals surface area contributed by atoms with Crippen molar-refractivity contribution in [1.29, 1.82) is 0 Å². The van der Waals surface area contributed by atoms with Gasteiger partial charge in [0.15, 0.2) is 5.78 Å². The van der Waals surface area contributed by atoms with E-state index in [1.165, 1.54) is 36.4 Å². The molecule has 0 atom stereocenters. The van der Waals surface area contributed by atoms with E-state index in [2.05, 4.69) is 0 Å². The first kappa shape index (κ1) is 18.5. The maximum Gasteiger partial charge on any atom is 0.264 e. The third-order valence-corrected chi connectivity index (χ3v) is 5.35. The molecule has 3 rings (SSSR count). The molecule has 0 radical (unpaired) electrons. The molecule has 0 bridgehead atoms. The van der Waals surface area contributed by atoms with Crippen LogP contribution in [0.3, 0.4) is 0 Å². The van der Waals surface area contributed by atoms with Crippen LogP contribution in [0.4, 0.5) is 0 Å². The molecule has 1 N–H and O–H groups in total. The number of hydrogen-bond donors (Lipinski definition) is 1. The minimum absolute atomic E-state index is 0.0114. The predicted molar refractivity (Wildman–Crippen MR) is 102 cm³/mol. The van der Waals surface area contributed by atoms with E-state index >= 15 is 0 Å². The van der Waals surface area contributed by atoms with Crippen molar-refractivity contribution in [1.82, 2.24) is 4.72 Å². The molecule has 0 fully saturated rings. The smallest absolute Gasteiger partial charge is 0.264 e. The Morgan fingerprint density at radius 3 is 1.81 bits per heavy atom. The van der Waals surface area contributed by atoms with Crippen molar-refractivity contribution in [3.8, 4) is 0 Å². The number of rotatable bonds is 5. The molecule has 3 aromatic carbocycles. The van der Waals surface area contributed by atoms with Gasteiger partial charge in [-0.25, -0.2) is 13.1 Å². The topological polar surface area (TPSA) is 80.3 Å². The Morgan fingerprint density at radius 1 is 0.704 bits per heavy atom. The van der Waals surface area contributed by atoms with Gasteiger partial charge in [0.05, 0.1) is 4.90 Å². The molecule has 1 amide bonds. The average molecular weight is 379 g/mol. The van der Waals surface area contributed by atoms with E-state index < -0.39 is 15.9 Å². The van der Waals surface area contributed by atoms with Crippen LogP contribution < -0.4 is 4.72 Å². The molecule has 0 saturated heterocycles. The van der Waals surface area contributed by atoms with E-state index in [-0.39, 0.29) is 16.2 Å². The normalized spacial score (nSPS) is 11.0. The van der Waals surface area contributed by atoms with Crippen LogP contribution in [0.1, 0.15) is 31.8 Å². The van der Waals surface area contributed by atoms with Crippen molar-refractivity contribution in [2.75, 3.05) is 0 Å². The number of sulfonamides is 1. The Bertz CT molecular complexity index is 1070. The minimum Gasteiger partial charge on any atom is -0.289 e. The number of ketones is 1. The minimum atomic E-state index is -3.96. The molecule has 3 aromatic rings. The Hall–Kier alpha value is -3.25. The lowest BCUT2D eigenvalue weighted by atomic mass is 10.0. The van der Waals surface area contributed by atoms with E-state index in [1.54, 1.807) is 36.4 Å². The second kappa shape index (κ2) is 7.55. The zero-order chi connectivity index (χ0) is 19.4. The number of amides is 1. The van der Waals surface area contributed by atoms with Crippen LogP contribution in [0.25, 0.3) is 0 Å². The van der Waals surface area contributed by atoms with Crippen LogP contribution in [0.2, 0.25) is 0 Å². The lowest BCUT2D eigenvalue weighted by Gasteiger charge is -2.08. The van der Waals surface area contributed by atoms with Crippen molar-refractivity contribution >= 4 is 21.7 Å². The summed E-state index contributed by atoms with van der Waals surface area (Å²) in [6.45, 7) is 1.84. The first-order valence-electron chi connectivity index (χ1n) is 8.20. The summed E-state index contributed by atoms with van der Waals surface area (Å²) >= 11 is 0. The highest BCUT2D eigenvalue weighted by atomic mass is 32.2. The third kappa shape index (κ3) is 4.30. The van der Waals surface area contributed by atoms with Gasteiger partial charge in [0.1, 0.15) is 0 Å². The fraction of sp³-hybridized carbons (Fsp3) is 0.0476. The highest BCUT2D eigenvalue weighted by Gasteiger charge is 2.19. The van der Waals surface area contributed by atoms with E-state index in [4.69, 9.17) is 0 Å². The van der Waals surface area contributed by atoms with Crippen molar-refractivity contribution in [2.24, 2.45) is 0 Å². The van der Waals surface area contributed by atoms with Crippen molar-refractivity contribution < 1.29 is 18.0 Å². The monoisotopic (exact) mass is 379 g/mol. The molecule has 136 valence electrons. The van der Waals surface area contributed by atoms with Gasteiger partial charge in [0, 0.05) is 16.7 Å². The average Bonchev–Trinajstić information content (AvgIpc) is 2.68. The summed E-state index contributed by atoms with van der Waals surface area (Å²) < 4.78 is 26.6. The van der Waals surface area contributed by atoms with Gasteiger partial charge in [-0.05, 0) is 31.2 Å². The standard InChI is InChI=1S/C21H17NO4S/c1-15-7-13-19(14-8-15)27(25,26)22-21(24)18-11-9-17(10-12-18)20(23)16-5-3-2-4-6-16/h2-14H,1H3,(H,22,24). The zero-order valence-electron chi connectivity index (χ0n) is 14.5. The summed E-state index contributed by atoms with van der Waals surface area (Å²) in [5.41, 5.74) is 2.02. The van der Waals surface area contributed by atoms with Gasteiger partial charge in [-0.3, -0.25) is 9.59 Å². The second-order valence-corrected chi connectivity index (χ2v) is 7.70. The Morgan fingerprint density at radius 2 is 1.22 bits per heavy atom. The van der Waals surface area contributed by atoms with Crippen LogP contribution in [-0.2, 0) is 10.0 Å². The van der Waals surface area contributed by atoms with Crippen LogP contribution in [-0.4, -0.2) is 20.1 Å². The predicted octanol–water partition coefficient (Wildman–Crippen LogP) is 3.34. The molecule has 27 heavy (non-hydrogen) atoms. The molecule has 0 unspecified atom stereocenters. The Balaban J connectivity index is 1.76. The molecule has 0 saturated carbocycles. The maximum absolute atomic E-state index is 12.4. The van der Waals surface area contributed by atoms with Crippen molar-refractivity contribution in [2.45, 2.75) is 11.8 Å². The van der Waals surface area contributed by atoms with E-state index in [1.807, 2.05) is 17.7 Å². The maximum atomic E-state index is 12.4. The van der Waals surface area contributed by atoms with E-state index in [9.17, 15) is 18.0 Å². The first-order valence-corrected chi connectivity index (χ1v) is 9.69. The van der Waals surface area contributed by atoms with E-state index in [0.717, 1.165) is 5.56 Å². The molecule has 0 heterocycles. The number of benzene rings is 3. The molecular formula is C21H17NO4S. The fourth-order valence-electron chi connectivity index (χ4n) is 2.49. The molecule has 6 heteroatoms. The first-order chi connectivity index (χ1) is 12.9. The van der Waals surface area contributed by atoms with Gasteiger partial charge >= 0.3 is 0 Å². The highest BCUT2D eigenvalue weighted by Crippen LogP contribution is 2.13. The second-order valence-electron chi connectivity index (χ2n) is 6.02. The largest absolute Gasteiger partial charge is 0.289 e. The Kier molecular flexibility index (Phi) is 5.19. The summed E-state index contributed by atoms with van der Waals surface area (Å²) in [6, 6.07) is 20.8. The van der Waals surface area contributed by atoms with Crippen molar-refractivity contribution in [3.63, 3.8) is 0 Å². The van der Waals surface area contributed by atoms with Crippen LogP contribution in [0.15, 0.2) is 83.8 Å². The lowest BCUT2D eigenvalue weighted by molar-refractivity contribution is 0.0979. The molecule has 5 nitrogen and oxygen atoms in total. The highest BCUT2D eigenvalue weighted by molar-refractivity contribution is 7.90. The lowest BCUT2D eigenvalue weighted by Crippen LogP contribution is -2.30. The van der Waals surface area contributed by atoms with Crippen LogP contribution in [0.5, 0.6) is 0 Å². The van der Waals surface area contributed by atoms with Crippen LogP contribution in [0, 0.1) is 6.92 Å². The number of carbonyl (C=O) groups excluding carboxylic acids is 2. The number of carbonyl (C=O) groups is 2. The molecular weight excluding hydrogens is 362 g/mol. The fourth-order valence-corrected chi connectivity index (χ4v) is 3.46. The molecule has 0 spiro atoms. The molecule has 0 aliphatic heterocycles. The van der Waals surface area contributed by atoms with Gasteiger partial charge in [0.2, 0.25) is 0 Å². The number of aryl methyl sites for hydroxylation is 1. The van der Waals surface area contributed by atoms with Crippen LogP contribution >= 0.6 is 0 Å². The van der Waals surface area contributed by atoms with Gasteiger partial charge < -0.3 is 0 Å². The van der Waals surface area contributed by atoms with Crippen molar-refractivity contribution in [3.05, 3.63) is 101 Å². The number of nitrogens with one attached hydrogen (secondary N) is 1. The third-order valence-electron chi connectivity index (χ3n) is 4.00. The van der Waals surface area contributed by atoms with Gasteiger partial charge in [0.25, 0.3) is 15.9 Å². The zero-order valence-corrected chi connectivity index (χ0v) is 15.4. The van der Waals surface area contributed by atoms with Gasteiger partial charge in [-0.1, -0.05) is 60.2 Å². The molecule has 0 aromatic heterocycles. The molecule has 0 aliphatic rings. The summed E-state index contributed by atoms with van der Waals surface area (Å²) in [7, 11) is -3.96. The quantitative estimate of drug-likeness (QED) is 0.690. The number of hydrogen-bond acceptors (Lipinski definition) is 4. The van der Waals surface area contributed by atoms with Gasteiger partial charge in [-0.15, -0.1) is 0 Å².